The predicted molar refractivity (Wildman–Crippen MR) is 53.2 cm³/mol. The van der Waals surface area contributed by atoms with Gasteiger partial charge in [-0.25, -0.2) is 4.79 Å². The van der Waals surface area contributed by atoms with Crippen LogP contribution in [-0.2, 0) is 11.2 Å². The minimum absolute atomic E-state index is 0.0125. The van der Waals surface area contributed by atoms with Gasteiger partial charge < -0.3 is 15.2 Å². The fourth-order valence-electron chi connectivity index (χ4n) is 1.61. The number of carboxylic acids is 2. The van der Waals surface area contributed by atoms with Crippen molar-refractivity contribution in [2.24, 2.45) is 0 Å². The second-order valence-corrected chi connectivity index (χ2v) is 3.43. The van der Waals surface area contributed by atoms with E-state index in [4.69, 9.17) is 10.2 Å². The number of rotatable bonds is 4. The van der Waals surface area contributed by atoms with E-state index < -0.39 is 11.9 Å². The van der Waals surface area contributed by atoms with Crippen LogP contribution in [0.1, 0.15) is 33.7 Å². The summed E-state index contributed by atoms with van der Waals surface area (Å²) in [6.45, 7) is 3.43. The molecule has 0 amide bonds. The lowest BCUT2D eigenvalue weighted by atomic mass is 10.1. The van der Waals surface area contributed by atoms with E-state index in [-0.39, 0.29) is 12.1 Å². The Bertz CT molecular complexity index is 406. The monoisotopic (exact) mass is 212 g/mol. The molecule has 0 aromatic carbocycles. The molecule has 0 bridgehead atoms. The van der Waals surface area contributed by atoms with E-state index in [2.05, 4.69) is 4.98 Å². The van der Waals surface area contributed by atoms with Crippen molar-refractivity contribution in [1.82, 2.24) is 4.98 Å². The van der Waals surface area contributed by atoms with Crippen molar-refractivity contribution in [3.63, 3.8) is 0 Å². The molecule has 0 unspecified atom stereocenters. The zero-order valence-electron chi connectivity index (χ0n) is 8.63. The van der Waals surface area contributed by atoms with Gasteiger partial charge in [0, 0.05) is 12.1 Å². The van der Waals surface area contributed by atoms with Crippen LogP contribution in [0.25, 0.3) is 0 Å². The summed E-state index contributed by atoms with van der Waals surface area (Å²) in [5.74, 6) is -1.90. The molecule has 1 rings (SSSR count). The topological polar surface area (TPSA) is 90.4 Å². The summed E-state index contributed by atoms with van der Waals surface area (Å²) in [7, 11) is 0. The van der Waals surface area contributed by atoms with Crippen LogP contribution in [0.5, 0.6) is 0 Å². The molecule has 1 aromatic heterocycles. The highest BCUT2D eigenvalue weighted by molar-refractivity contribution is 5.88. The minimum Gasteiger partial charge on any atom is -0.481 e. The van der Waals surface area contributed by atoms with Gasteiger partial charge in [0.1, 0.15) is 5.69 Å². The highest BCUT2D eigenvalue weighted by Gasteiger charge is 2.16. The van der Waals surface area contributed by atoms with Crippen molar-refractivity contribution in [3.05, 3.63) is 22.5 Å². The van der Waals surface area contributed by atoms with Gasteiger partial charge in [-0.05, 0) is 31.4 Å². The number of carbonyl (C=O) groups is 2. The summed E-state index contributed by atoms with van der Waals surface area (Å²) in [4.78, 5) is 23.9. The summed E-state index contributed by atoms with van der Waals surface area (Å²) in [5.41, 5.74) is 2.29. The van der Waals surface area contributed by atoms with E-state index in [1.54, 1.807) is 13.8 Å². The van der Waals surface area contributed by atoms with Crippen molar-refractivity contribution in [3.8, 4) is 0 Å². The molecule has 1 heterocycles. The fraction of sp³-hybridized carbons (Fsp3) is 0.400. The molecule has 3 N–H and O–H groups in total. The Balaban J connectivity index is 2.97. The summed E-state index contributed by atoms with van der Waals surface area (Å²) >= 11 is 0. The molecule has 0 aliphatic rings. The van der Waals surface area contributed by atoms with E-state index in [1.807, 2.05) is 0 Å². The number of aromatic carboxylic acids is 1. The van der Waals surface area contributed by atoms with Gasteiger partial charge in [-0.15, -0.1) is 0 Å². The maximum atomic E-state index is 10.8. The van der Waals surface area contributed by atoms with Crippen molar-refractivity contribution in [1.29, 1.82) is 0 Å². The van der Waals surface area contributed by atoms with Gasteiger partial charge in [-0.3, -0.25) is 4.79 Å². The van der Waals surface area contributed by atoms with E-state index >= 15 is 0 Å². The van der Waals surface area contributed by atoms with Crippen LogP contribution in [0, 0.1) is 13.8 Å². The Hall–Kier alpha value is -1.78. The van der Waals surface area contributed by atoms with Gasteiger partial charge >= 0.3 is 11.9 Å². The molecule has 1 aromatic rings. The molecule has 0 spiro atoms. The molecular weight excluding hydrogens is 199 g/mol. The number of hydrogen-bond donors (Lipinski definition) is 3. The van der Waals surface area contributed by atoms with Crippen LogP contribution < -0.4 is 0 Å². The lowest BCUT2D eigenvalue weighted by Gasteiger charge is -1.99. The Kier molecular flexibility index (Phi) is 3.14. The number of aryl methyl sites for hydroxylation is 1. The van der Waals surface area contributed by atoms with Gasteiger partial charge in [0.05, 0.1) is 0 Å². The number of aromatic amines is 1. The standard InChI is InChI=1S/C10H13NO4/c1-5-7(3-4-8(12)13)6(2)11-9(5)10(14)15/h11H,3-4H2,1-2H3,(H,12,13)(H,14,15)/i8+1. The first-order valence-electron chi connectivity index (χ1n) is 4.56. The zero-order valence-corrected chi connectivity index (χ0v) is 8.63. The molecule has 5 nitrogen and oxygen atoms in total. The van der Waals surface area contributed by atoms with Crippen molar-refractivity contribution < 1.29 is 19.8 Å². The first-order valence-corrected chi connectivity index (χ1v) is 4.56. The first kappa shape index (κ1) is 11.3. The maximum Gasteiger partial charge on any atom is 0.352 e. The van der Waals surface area contributed by atoms with Crippen LogP contribution in [-0.4, -0.2) is 27.1 Å². The molecule has 0 radical (unpaired) electrons. The van der Waals surface area contributed by atoms with Crippen molar-refractivity contribution >= 4 is 11.9 Å². The number of hydrogen-bond acceptors (Lipinski definition) is 2. The number of carboxylic acid groups (broad SMARTS) is 2. The Morgan fingerprint density at radius 1 is 1.27 bits per heavy atom. The van der Waals surface area contributed by atoms with E-state index in [1.165, 1.54) is 0 Å². The van der Waals surface area contributed by atoms with Gasteiger partial charge in [0.25, 0.3) is 0 Å². The van der Waals surface area contributed by atoms with E-state index in [0.717, 1.165) is 11.3 Å². The van der Waals surface area contributed by atoms with Gasteiger partial charge in [-0.1, -0.05) is 0 Å². The third kappa shape index (κ3) is 2.37. The Morgan fingerprint density at radius 3 is 2.27 bits per heavy atom. The van der Waals surface area contributed by atoms with Crippen molar-refractivity contribution in [2.75, 3.05) is 0 Å². The molecule has 0 saturated carbocycles. The quantitative estimate of drug-likeness (QED) is 0.657. The summed E-state index contributed by atoms with van der Waals surface area (Å²) < 4.78 is 0. The molecular formula is C10H13NO4. The summed E-state index contributed by atoms with van der Waals surface area (Å²) in [6, 6.07) is 0. The molecule has 5 heteroatoms. The maximum absolute atomic E-state index is 10.8. The largest absolute Gasteiger partial charge is 0.481 e. The second kappa shape index (κ2) is 4.16. The Labute approximate surface area is 86.7 Å². The average molecular weight is 212 g/mol. The van der Waals surface area contributed by atoms with Gasteiger partial charge in [-0.2, -0.15) is 0 Å². The van der Waals surface area contributed by atoms with Crippen LogP contribution in [0.4, 0.5) is 0 Å². The van der Waals surface area contributed by atoms with Gasteiger partial charge in [0.2, 0.25) is 0 Å². The van der Waals surface area contributed by atoms with Crippen molar-refractivity contribution in [2.45, 2.75) is 26.7 Å². The fourth-order valence-corrected chi connectivity index (χ4v) is 1.61. The highest BCUT2D eigenvalue weighted by atomic mass is 16.5. The van der Waals surface area contributed by atoms with Crippen LogP contribution >= 0.6 is 0 Å². The minimum atomic E-state index is -1.02. The number of nitrogens with one attached hydrogen (secondary N) is 1. The molecule has 0 aliphatic carbocycles. The smallest absolute Gasteiger partial charge is 0.352 e. The molecule has 0 saturated heterocycles. The third-order valence-corrected chi connectivity index (χ3v) is 2.40. The van der Waals surface area contributed by atoms with Crippen LogP contribution in [0.15, 0.2) is 0 Å². The lowest BCUT2D eigenvalue weighted by molar-refractivity contribution is -0.136. The molecule has 0 fully saturated rings. The normalized spacial score (nSPS) is 10.3. The average Bonchev–Trinajstić information content (AvgIpc) is 2.39. The Morgan fingerprint density at radius 2 is 1.87 bits per heavy atom. The summed E-state index contributed by atoms with van der Waals surface area (Å²) in [5, 5.41) is 17.4. The molecule has 15 heavy (non-hydrogen) atoms. The number of aliphatic carboxylic acids is 1. The SMILES string of the molecule is Cc1[nH]c(C(=O)O)c(C)c1CC[13C](=O)O. The lowest BCUT2D eigenvalue weighted by Crippen LogP contribution is -2.00. The number of H-pyrrole nitrogens is 1. The first-order chi connectivity index (χ1) is 6.93. The summed E-state index contributed by atoms with van der Waals surface area (Å²) in [6.07, 6.45) is 0.370. The van der Waals surface area contributed by atoms with E-state index in [0.29, 0.717) is 12.0 Å². The van der Waals surface area contributed by atoms with Crippen LogP contribution in [0.2, 0.25) is 0 Å². The molecule has 0 aliphatic heterocycles. The second-order valence-electron chi connectivity index (χ2n) is 3.43. The predicted octanol–water partition coefficient (Wildman–Crippen LogP) is 1.35. The number of aromatic nitrogens is 1. The van der Waals surface area contributed by atoms with Gasteiger partial charge in [0.15, 0.2) is 0 Å². The zero-order chi connectivity index (χ0) is 11.6. The highest BCUT2D eigenvalue weighted by Crippen LogP contribution is 2.19. The van der Waals surface area contributed by atoms with E-state index in [9.17, 15) is 9.59 Å². The van der Waals surface area contributed by atoms with Crippen LogP contribution in [0.3, 0.4) is 0 Å². The third-order valence-electron chi connectivity index (χ3n) is 2.40. The molecule has 82 valence electrons. The molecule has 0 atom stereocenters.